The summed E-state index contributed by atoms with van der Waals surface area (Å²) >= 11 is 3.09. The SMILES string of the molecule is FC(F)(F)c1ccc2c(Br)occ2c1. The van der Waals surface area contributed by atoms with Crippen LogP contribution in [0.25, 0.3) is 10.8 Å². The van der Waals surface area contributed by atoms with Crippen molar-refractivity contribution in [3.05, 3.63) is 34.7 Å². The first kappa shape index (κ1) is 9.58. The van der Waals surface area contributed by atoms with E-state index in [1.807, 2.05) is 0 Å². The Kier molecular flexibility index (Phi) is 2.06. The summed E-state index contributed by atoms with van der Waals surface area (Å²) in [5.74, 6) is 0. The maximum Gasteiger partial charge on any atom is 0.416 e. The molecule has 0 N–H and O–H groups in total. The molecular formula is C9H4BrF3O. The van der Waals surface area contributed by atoms with Gasteiger partial charge in [-0.2, -0.15) is 13.2 Å². The van der Waals surface area contributed by atoms with Crippen LogP contribution in [0, 0.1) is 0 Å². The van der Waals surface area contributed by atoms with Gasteiger partial charge < -0.3 is 4.42 Å². The average molecular weight is 265 g/mol. The van der Waals surface area contributed by atoms with Gasteiger partial charge in [0.25, 0.3) is 0 Å². The molecule has 1 nitrogen and oxygen atoms in total. The highest BCUT2D eigenvalue weighted by Crippen LogP contribution is 2.33. The molecule has 0 unspecified atom stereocenters. The maximum absolute atomic E-state index is 12.3. The molecule has 1 aromatic carbocycles. The molecule has 0 saturated heterocycles. The summed E-state index contributed by atoms with van der Waals surface area (Å²) in [5, 5.41) is 1.07. The van der Waals surface area contributed by atoms with E-state index in [4.69, 9.17) is 4.42 Å². The summed E-state index contributed by atoms with van der Waals surface area (Å²) in [6.45, 7) is 0. The lowest BCUT2D eigenvalue weighted by molar-refractivity contribution is -0.137. The van der Waals surface area contributed by atoms with Crippen LogP contribution in [-0.4, -0.2) is 0 Å². The lowest BCUT2D eigenvalue weighted by atomic mass is 10.1. The summed E-state index contributed by atoms with van der Waals surface area (Å²) in [6, 6.07) is 3.47. The fraction of sp³-hybridized carbons (Fsp3) is 0.111. The van der Waals surface area contributed by atoms with Crippen LogP contribution in [0.2, 0.25) is 0 Å². The first-order valence-corrected chi connectivity index (χ1v) is 4.52. The van der Waals surface area contributed by atoms with E-state index in [2.05, 4.69) is 15.9 Å². The van der Waals surface area contributed by atoms with E-state index in [0.717, 1.165) is 12.1 Å². The zero-order valence-corrected chi connectivity index (χ0v) is 8.32. The van der Waals surface area contributed by atoms with E-state index in [1.54, 1.807) is 0 Å². The second-order valence-electron chi connectivity index (χ2n) is 2.81. The fourth-order valence-corrected chi connectivity index (χ4v) is 1.65. The Labute approximate surface area is 85.6 Å². The number of alkyl halides is 3. The number of benzene rings is 1. The van der Waals surface area contributed by atoms with E-state index in [-0.39, 0.29) is 0 Å². The molecule has 0 aliphatic heterocycles. The molecular weight excluding hydrogens is 261 g/mol. The van der Waals surface area contributed by atoms with E-state index in [9.17, 15) is 13.2 Å². The van der Waals surface area contributed by atoms with Gasteiger partial charge in [0.15, 0.2) is 4.67 Å². The van der Waals surface area contributed by atoms with Crippen molar-refractivity contribution in [3.8, 4) is 0 Å². The highest BCUT2D eigenvalue weighted by molar-refractivity contribution is 9.10. The Morgan fingerprint density at radius 1 is 1.21 bits per heavy atom. The van der Waals surface area contributed by atoms with E-state index in [0.29, 0.717) is 15.4 Å². The van der Waals surface area contributed by atoms with Crippen molar-refractivity contribution in [3.63, 3.8) is 0 Å². The molecule has 0 atom stereocenters. The third-order valence-electron chi connectivity index (χ3n) is 1.88. The molecule has 0 fully saturated rings. The molecule has 74 valence electrons. The lowest BCUT2D eigenvalue weighted by Gasteiger charge is -2.05. The van der Waals surface area contributed by atoms with Crippen LogP contribution in [0.3, 0.4) is 0 Å². The smallest absolute Gasteiger partial charge is 0.416 e. The summed E-state index contributed by atoms with van der Waals surface area (Å²) in [6.07, 6.45) is -3.02. The quantitative estimate of drug-likeness (QED) is 0.695. The maximum atomic E-state index is 12.3. The molecule has 2 rings (SSSR count). The predicted molar refractivity (Wildman–Crippen MR) is 48.9 cm³/mol. The third-order valence-corrected chi connectivity index (χ3v) is 2.49. The van der Waals surface area contributed by atoms with Gasteiger partial charge in [0.2, 0.25) is 0 Å². The van der Waals surface area contributed by atoms with Gasteiger partial charge in [-0.05, 0) is 34.1 Å². The third kappa shape index (κ3) is 1.52. The van der Waals surface area contributed by atoms with Crippen molar-refractivity contribution in [2.24, 2.45) is 0 Å². The van der Waals surface area contributed by atoms with Crippen LogP contribution in [0.1, 0.15) is 5.56 Å². The number of furan rings is 1. The molecule has 1 heterocycles. The van der Waals surface area contributed by atoms with Crippen LogP contribution in [-0.2, 0) is 6.18 Å². The van der Waals surface area contributed by atoms with E-state index in [1.165, 1.54) is 12.3 Å². The second-order valence-corrected chi connectivity index (χ2v) is 3.53. The van der Waals surface area contributed by atoms with Gasteiger partial charge in [0.1, 0.15) is 0 Å². The monoisotopic (exact) mass is 264 g/mol. The molecule has 0 spiro atoms. The fourth-order valence-electron chi connectivity index (χ4n) is 1.19. The van der Waals surface area contributed by atoms with Gasteiger partial charge in [0, 0.05) is 10.8 Å². The highest BCUT2D eigenvalue weighted by Gasteiger charge is 2.30. The Morgan fingerprint density at radius 3 is 2.57 bits per heavy atom. The van der Waals surface area contributed by atoms with Gasteiger partial charge in [0.05, 0.1) is 11.8 Å². The minimum atomic E-state index is -4.31. The lowest BCUT2D eigenvalue weighted by Crippen LogP contribution is -2.03. The molecule has 2 aromatic rings. The molecule has 1 aromatic heterocycles. The number of halogens is 4. The molecule has 5 heteroatoms. The molecule has 0 bridgehead atoms. The summed E-state index contributed by atoms with van der Waals surface area (Å²) in [4.78, 5) is 0. The largest absolute Gasteiger partial charge is 0.456 e. The van der Waals surface area contributed by atoms with Gasteiger partial charge >= 0.3 is 6.18 Å². The van der Waals surface area contributed by atoms with Crippen LogP contribution < -0.4 is 0 Å². The second kappa shape index (κ2) is 3.02. The number of fused-ring (bicyclic) bond motifs is 1. The Balaban J connectivity index is 2.63. The first-order valence-electron chi connectivity index (χ1n) is 3.72. The van der Waals surface area contributed by atoms with Gasteiger partial charge in [-0.1, -0.05) is 0 Å². The van der Waals surface area contributed by atoms with Crippen LogP contribution in [0.5, 0.6) is 0 Å². The highest BCUT2D eigenvalue weighted by atomic mass is 79.9. The Hall–Kier alpha value is -0.970. The van der Waals surface area contributed by atoms with Crippen molar-refractivity contribution in [2.75, 3.05) is 0 Å². The standard InChI is InChI=1S/C9H4BrF3O/c10-8-7-2-1-6(9(11,12)13)3-5(7)4-14-8/h1-4H. The van der Waals surface area contributed by atoms with Crippen molar-refractivity contribution in [2.45, 2.75) is 6.18 Å². The van der Waals surface area contributed by atoms with E-state index < -0.39 is 11.7 Å². The summed E-state index contributed by atoms with van der Waals surface area (Å²) < 4.78 is 42.2. The Morgan fingerprint density at radius 2 is 1.93 bits per heavy atom. The van der Waals surface area contributed by atoms with Crippen molar-refractivity contribution >= 4 is 26.7 Å². The minimum Gasteiger partial charge on any atom is -0.456 e. The van der Waals surface area contributed by atoms with Crippen LogP contribution in [0.15, 0.2) is 33.5 Å². The zero-order chi connectivity index (χ0) is 10.3. The topological polar surface area (TPSA) is 13.1 Å². The molecule has 0 amide bonds. The van der Waals surface area contributed by atoms with Gasteiger partial charge in [-0.3, -0.25) is 0 Å². The van der Waals surface area contributed by atoms with Crippen molar-refractivity contribution in [1.82, 2.24) is 0 Å². The molecule has 0 radical (unpaired) electrons. The molecule has 0 aliphatic carbocycles. The molecule has 14 heavy (non-hydrogen) atoms. The van der Waals surface area contributed by atoms with Crippen LogP contribution >= 0.6 is 15.9 Å². The van der Waals surface area contributed by atoms with Crippen molar-refractivity contribution in [1.29, 1.82) is 0 Å². The van der Waals surface area contributed by atoms with Gasteiger partial charge in [-0.15, -0.1) is 0 Å². The summed E-state index contributed by atoms with van der Waals surface area (Å²) in [7, 11) is 0. The normalized spacial score (nSPS) is 12.3. The minimum absolute atomic E-state index is 0.437. The molecule has 0 aliphatic rings. The van der Waals surface area contributed by atoms with E-state index >= 15 is 0 Å². The average Bonchev–Trinajstić information content (AvgIpc) is 2.46. The van der Waals surface area contributed by atoms with Crippen LogP contribution in [0.4, 0.5) is 13.2 Å². The van der Waals surface area contributed by atoms with Gasteiger partial charge in [-0.25, -0.2) is 0 Å². The number of rotatable bonds is 0. The number of hydrogen-bond acceptors (Lipinski definition) is 1. The zero-order valence-electron chi connectivity index (χ0n) is 6.73. The first-order chi connectivity index (χ1) is 6.48. The molecule has 0 saturated carbocycles. The van der Waals surface area contributed by atoms with Crippen molar-refractivity contribution < 1.29 is 17.6 Å². The summed E-state index contributed by atoms with van der Waals surface area (Å²) in [5.41, 5.74) is -0.668. The predicted octanol–water partition coefficient (Wildman–Crippen LogP) is 4.21. The number of hydrogen-bond donors (Lipinski definition) is 0. The Bertz CT molecular complexity index is 472.